The molecule has 18 heavy (non-hydrogen) atoms. The van der Waals surface area contributed by atoms with Crippen molar-refractivity contribution >= 4 is 17.6 Å². The zero-order valence-electron chi connectivity index (χ0n) is 9.49. The average Bonchev–Trinajstić information content (AvgIpc) is 2.75. The molecule has 0 saturated carbocycles. The van der Waals surface area contributed by atoms with Crippen LogP contribution in [-0.2, 0) is 7.05 Å². The number of amides is 1. The Bertz CT molecular complexity index is 589. The molecule has 7 nitrogen and oxygen atoms in total. The molecule has 0 aromatic carbocycles. The predicted molar refractivity (Wildman–Crippen MR) is 62.4 cm³/mol. The van der Waals surface area contributed by atoms with Gasteiger partial charge in [0.2, 0.25) is 0 Å². The lowest BCUT2D eigenvalue weighted by molar-refractivity contribution is 0.0696. The molecule has 1 amide bonds. The number of nitrogens with one attached hydrogen (secondary N) is 1. The fraction of sp³-hybridized carbons (Fsp3) is 0.0909. The fourth-order valence-electron chi connectivity index (χ4n) is 1.34. The van der Waals surface area contributed by atoms with E-state index in [-0.39, 0.29) is 11.3 Å². The molecule has 2 N–H and O–H groups in total. The molecule has 0 atom stereocenters. The van der Waals surface area contributed by atoms with Gasteiger partial charge in [-0.05, 0) is 12.1 Å². The molecule has 7 heteroatoms. The second-order valence-corrected chi connectivity index (χ2v) is 3.59. The van der Waals surface area contributed by atoms with Crippen molar-refractivity contribution in [3.63, 3.8) is 0 Å². The van der Waals surface area contributed by atoms with Gasteiger partial charge in [0.25, 0.3) is 5.91 Å². The second kappa shape index (κ2) is 4.66. The van der Waals surface area contributed by atoms with Gasteiger partial charge in [-0.25, -0.2) is 4.79 Å². The maximum atomic E-state index is 11.7. The highest BCUT2D eigenvalue weighted by Crippen LogP contribution is 2.07. The molecule has 0 aliphatic heterocycles. The van der Waals surface area contributed by atoms with Gasteiger partial charge < -0.3 is 10.4 Å². The Balaban J connectivity index is 2.11. The van der Waals surface area contributed by atoms with Gasteiger partial charge in [0.05, 0.1) is 17.4 Å². The molecule has 2 rings (SSSR count). The molecule has 0 radical (unpaired) electrons. The first-order valence-electron chi connectivity index (χ1n) is 5.05. The normalized spacial score (nSPS) is 10.1. The highest BCUT2D eigenvalue weighted by Gasteiger charge is 2.10. The van der Waals surface area contributed by atoms with Gasteiger partial charge in [0.15, 0.2) is 0 Å². The number of carboxylic acids is 1. The molecule has 0 bridgehead atoms. The van der Waals surface area contributed by atoms with Crippen LogP contribution in [0.3, 0.4) is 0 Å². The molecule has 0 unspecified atom stereocenters. The van der Waals surface area contributed by atoms with E-state index in [4.69, 9.17) is 5.11 Å². The monoisotopic (exact) mass is 246 g/mol. The third kappa shape index (κ3) is 2.51. The molecule has 2 aromatic rings. The molecule has 2 heterocycles. The van der Waals surface area contributed by atoms with E-state index in [0.717, 1.165) is 6.20 Å². The number of aromatic nitrogens is 3. The summed E-state index contributed by atoms with van der Waals surface area (Å²) in [6, 6.07) is 2.68. The molecule has 0 aliphatic rings. The van der Waals surface area contributed by atoms with E-state index in [1.54, 1.807) is 17.9 Å². The minimum atomic E-state index is -1.08. The number of carbonyl (C=O) groups is 2. The zero-order chi connectivity index (χ0) is 13.1. The maximum absolute atomic E-state index is 11.7. The van der Waals surface area contributed by atoms with Crippen LogP contribution in [0.5, 0.6) is 0 Å². The van der Waals surface area contributed by atoms with Crippen LogP contribution in [0.2, 0.25) is 0 Å². The largest absolute Gasteiger partial charge is 0.478 e. The van der Waals surface area contributed by atoms with Crippen molar-refractivity contribution in [2.75, 3.05) is 5.32 Å². The summed E-state index contributed by atoms with van der Waals surface area (Å²) in [6.45, 7) is 0. The summed E-state index contributed by atoms with van der Waals surface area (Å²) >= 11 is 0. The summed E-state index contributed by atoms with van der Waals surface area (Å²) in [6.07, 6.45) is 4.29. The summed E-state index contributed by atoms with van der Waals surface area (Å²) in [7, 11) is 1.73. The average molecular weight is 246 g/mol. The van der Waals surface area contributed by atoms with E-state index >= 15 is 0 Å². The van der Waals surface area contributed by atoms with E-state index in [1.807, 2.05) is 0 Å². The minimum Gasteiger partial charge on any atom is -0.478 e. The standard InChI is InChI=1S/C11H10N4O3/c1-15-6-8(5-13-15)14-10(16)9-3-2-7(4-12-9)11(17)18/h2-6H,1H3,(H,14,16)(H,17,18). The van der Waals surface area contributed by atoms with Crippen LogP contribution in [0.4, 0.5) is 5.69 Å². The molecule has 92 valence electrons. The Morgan fingerprint density at radius 1 is 1.33 bits per heavy atom. The summed E-state index contributed by atoms with van der Waals surface area (Å²) in [5, 5.41) is 15.2. The number of aryl methyl sites for hydroxylation is 1. The molecular weight excluding hydrogens is 236 g/mol. The van der Waals surface area contributed by atoms with Crippen LogP contribution < -0.4 is 5.32 Å². The van der Waals surface area contributed by atoms with E-state index in [9.17, 15) is 9.59 Å². The number of anilines is 1. The zero-order valence-corrected chi connectivity index (χ0v) is 9.49. The van der Waals surface area contributed by atoms with E-state index < -0.39 is 11.9 Å². The van der Waals surface area contributed by atoms with Gasteiger partial charge in [0.1, 0.15) is 5.69 Å². The van der Waals surface area contributed by atoms with Crippen molar-refractivity contribution in [3.05, 3.63) is 42.0 Å². The highest BCUT2D eigenvalue weighted by atomic mass is 16.4. The summed E-state index contributed by atoms with van der Waals surface area (Å²) < 4.78 is 1.55. The minimum absolute atomic E-state index is 0.0351. The van der Waals surface area contributed by atoms with Gasteiger partial charge in [-0.15, -0.1) is 0 Å². The van der Waals surface area contributed by atoms with Crippen molar-refractivity contribution < 1.29 is 14.7 Å². The number of hydrogen-bond donors (Lipinski definition) is 2. The number of nitrogens with zero attached hydrogens (tertiary/aromatic N) is 3. The lowest BCUT2D eigenvalue weighted by Crippen LogP contribution is -2.13. The lowest BCUT2D eigenvalue weighted by Gasteiger charge is -2.01. The van der Waals surface area contributed by atoms with Crippen LogP contribution >= 0.6 is 0 Å². The van der Waals surface area contributed by atoms with Gasteiger partial charge in [0, 0.05) is 19.4 Å². The first-order valence-corrected chi connectivity index (χ1v) is 5.05. The predicted octanol–water partition coefficient (Wildman–Crippen LogP) is 0.766. The Kier molecular flexibility index (Phi) is 3.05. The highest BCUT2D eigenvalue weighted by molar-refractivity contribution is 6.03. The molecule has 0 aliphatic carbocycles. The lowest BCUT2D eigenvalue weighted by atomic mass is 10.2. The fourth-order valence-corrected chi connectivity index (χ4v) is 1.34. The van der Waals surface area contributed by atoms with Crippen LogP contribution in [0.1, 0.15) is 20.8 Å². The Morgan fingerprint density at radius 2 is 2.11 bits per heavy atom. The van der Waals surface area contributed by atoms with E-state index in [2.05, 4.69) is 15.4 Å². The molecule has 0 saturated heterocycles. The number of hydrogen-bond acceptors (Lipinski definition) is 4. The van der Waals surface area contributed by atoms with Crippen molar-refractivity contribution in [1.29, 1.82) is 0 Å². The van der Waals surface area contributed by atoms with Crippen molar-refractivity contribution in [2.45, 2.75) is 0 Å². The molecular formula is C11H10N4O3. The van der Waals surface area contributed by atoms with Gasteiger partial charge in [-0.1, -0.05) is 0 Å². The number of pyridine rings is 1. The number of rotatable bonds is 3. The Morgan fingerprint density at radius 3 is 2.61 bits per heavy atom. The van der Waals surface area contributed by atoms with Crippen LogP contribution in [0.25, 0.3) is 0 Å². The van der Waals surface area contributed by atoms with Crippen molar-refractivity contribution in [3.8, 4) is 0 Å². The first kappa shape index (κ1) is 11.8. The Hall–Kier alpha value is -2.70. The van der Waals surface area contributed by atoms with Crippen LogP contribution in [0.15, 0.2) is 30.7 Å². The van der Waals surface area contributed by atoms with Crippen molar-refractivity contribution in [1.82, 2.24) is 14.8 Å². The van der Waals surface area contributed by atoms with Crippen LogP contribution in [0, 0.1) is 0 Å². The Labute approximate surface area is 102 Å². The summed E-state index contributed by atoms with van der Waals surface area (Å²) in [5.41, 5.74) is 0.725. The van der Waals surface area contributed by atoms with Gasteiger partial charge >= 0.3 is 5.97 Å². The summed E-state index contributed by atoms with van der Waals surface area (Å²) in [4.78, 5) is 26.2. The van der Waals surface area contributed by atoms with Crippen LogP contribution in [-0.4, -0.2) is 31.7 Å². The maximum Gasteiger partial charge on any atom is 0.337 e. The van der Waals surface area contributed by atoms with Crippen molar-refractivity contribution in [2.24, 2.45) is 7.05 Å². The topological polar surface area (TPSA) is 97.1 Å². The first-order chi connectivity index (χ1) is 8.56. The molecule has 0 fully saturated rings. The number of carboxylic acid groups (broad SMARTS) is 1. The quantitative estimate of drug-likeness (QED) is 0.833. The van der Waals surface area contributed by atoms with Gasteiger partial charge in [-0.3, -0.25) is 14.5 Å². The smallest absolute Gasteiger partial charge is 0.337 e. The third-order valence-electron chi connectivity index (χ3n) is 2.21. The number of aromatic carboxylic acids is 1. The number of carbonyl (C=O) groups excluding carboxylic acids is 1. The van der Waals surface area contributed by atoms with E-state index in [0.29, 0.717) is 5.69 Å². The van der Waals surface area contributed by atoms with Gasteiger partial charge in [-0.2, -0.15) is 5.10 Å². The molecule has 2 aromatic heterocycles. The third-order valence-corrected chi connectivity index (χ3v) is 2.21. The molecule has 0 spiro atoms. The SMILES string of the molecule is Cn1cc(NC(=O)c2ccc(C(=O)O)cn2)cn1. The van der Waals surface area contributed by atoms with E-state index in [1.165, 1.54) is 18.3 Å². The second-order valence-electron chi connectivity index (χ2n) is 3.59. The summed E-state index contributed by atoms with van der Waals surface area (Å²) in [5.74, 6) is -1.50.